The molecule has 2 aromatic heterocycles. The number of nitrogens with zero attached hydrogens (tertiary/aromatic N) is 4. The van der Waals surface area contributed by atoms with Crippen molar-refractivity contribution in [1.82, 2.24) is 19.7 Å². The summed E-state index contributed by atoms with van der Waals surface area (Å²) in [7, 11) is 1.92. The Morgan fingerprint density at radius 3 is 2.55 bits per heavy atom. The summed E-state index contributed by atoms with van der Waals surface area (Å²) >= 11 is 3.60. The zero-order valence-corrected chi connectivity index (χ0v) is 14.1. The van der Waals surface area contributed by atoms with Gasteiger partial charge in [-0.25, -0.2) is 9.97 Å². The van der Waals surface area contributed by atoms with E-state index < -0.39 is 0 Å². The van der Waals surface area contributed by atoms with Gasteiger partial charge >= 0.3 is 0 Å². The van der Waals surface area contributed by atoms with Crippen molar-refractivity contribution in [1.29, 1.82) is 0 Å². The highest BCUT2D eigenvalue weighted by atomic mass is 79.9. The van der Waals surface area contributed by atoms with Crippen LogP contribution in [0.25, 0.3) is 11.4 Å². The van der Waals surface area contributed by atoms with E-state index in [0.717, 1.165) is 39.6 Å². The number of aromatic nitrogens is 4. The molecule has 0 saturated heterocycles. The van der Waals surface area contributed by atoms with Gasteiger partial charge in [-0.2, -0.15) is 5.10 Å². The molecule has 0 fully saturated rings. The van der Waals surface area contributed by atoms with Crippen LogP contribution in [0.3, 0.4) is 0 Å². The fourth-order valence-corrected chi connectivity index (χ4v) is 2.75. The van der Waals surface area contributed by atoms with Gasteiger partial charge in [-0.05, 0) is 35.7 Å². The molecule has 0 amide bonds. The molecular weight excluding hydrogens is 318 g/mol. The normalized spacial score (nSPS) is 11.2. The van der Waals surface area contributed by atoms with Crippen LogP contribution in [-0.2, 0) is 7.05 Å². The van der Waals surface area contributed by atoms with E-state index >= 15 is 0 Å². The van der Waals surface area contributed by atoms with Gasteiger partial charge < -0.3 is 5.32 Å². The highest BCUT2D eigenvalue weighted by Crippen LogP contribution is 2.32. The molecule has 2 heterocycles. The van der Waals surface area contributed by atoms with Gasteiger partial charge in [0.15, 0.2) is 5.82 Å². The van der Waals surface area contributed by atoms with Crippen LogP contribution in [0, 0.1) is 6.92 Å². The minimum absolute atomic E-state index is 0.320. The Hall–Kier alpha value is -1.43. The van der Waals surface area contributed by atoms with Crippen molar-refractivity contribution in [2.45, 2.75) is 33.6 Å². The highest BCUT2D eigenvalue weighted by molar-refractivity contribution is 9.10. The average molecular weight is 338 g/mol. The maximum atomic E-state index is 4.71. The second kappa shape index (κ2) is 5.91. The van der Waals surface area contributed by atoms with E-state index in [0.29, 0.717) is 5.92 Å². The molecule has 20 heavy (non-hydrogen) atoms. The second-order valence-corrected chi connectivity index (χ2v) is 5.84. The van der Waals surface area contributed by atoms with Gasteiger partial charge in [-0.3, -0.25) is 4.68 Å². The van der Waals surface area contributed by atoms with Gasteiger partial charge in [0.2, 0.25) is 0 Å². The zero-order chi connectivity index (χ0) is 14.9. The van der Waals surface area contributed by atoms with Gasteiger partial charge in [-0.15, -0.1) is 0 Å². The summed E-state index contributed by atoms with van der Waals surface area (Å²) < 4.78 is 2.78. The van der Waals surface area contributed by atoms with Crippen molar-refractivity contribution in [3.63, 3.8) is 0 Å². The van der Waals surface area contributed by atoms with E-state index in [1.165, 1.54) is 0 Å². The zero-order valence-electron chi connectivity index (χ0n) is 12.5. The minimum atomic E-state index is 0.320. The fourth-order valence-electron chi connectivity index (χ4n) is 1.97. The van der Waals surface area contributed by atoms with Crippen molar-refractivity contribution >= 4 is 21.7 Å². The van der Waals surface area contributed by atoms with E-state index in [2.05, 4.69) is 52.1 Å². The molecule has 0 bridgehead atoms. The van der Waals surface area contributed by atoms with Gasteiger partial charge in [-0.1, -0.05) is 13.8 Å². The molecule has 0 aliphatic carbocycles. The molecule has 0 unspecified atom stereocenters. The smallest absolute Gasteiger partial charge is 0.165 e. The molecule has 108 valence electrons. The Morgan fingerprint density at radius 2 is 2.05 bits per heavy atom. The largest absolute Gasteiger partial charge is 0.369 e. The number of hydrogen-bond donors (Lipinski definition) is 1. The lowest BCUT2D eigenvalue weighted by atomic mass is 10.1. The topological polar surface area (TPSA) is 55.6 Å². The van der Waals surface area contributed by atoms with Gasteiger partial charge in [0.1, 0.15) is 5.82 Å². The van der Waals surface area contributed by atoms with Crippen LogP contribution in [0.2, 0.25) is 0 Å². The lowest BCUT2D eigenvalue weighted by Gasteiger charge is -2.14. The SMILES string of the molecule is CCNc1nc(-c2cnn(C)c2C)nc(C(C)C)c1Br. The summed E-state index contributed by atoms with van der Waals surface area (Å²) in [6.45, 7) is 9.15. The molecule has 0 aromatic carbocycles. The number of rotatable bonds is 4. The first-order chi connectivity index (χ1) is 9.45. The molecule has 5 nitrogen and oxygen atoms in total. The summed E-state index contributed by atoms with van der Waals surface area (Å²) in [6, 6.07) is 0. The molecule has 0 spiro atoms. The van der Waals surface area contributed by atoms with Crippen LogP contribution in [0.1, 0.15) is 38.1 Å². The first-order valence-corrected chi connectivity index (χ1v) is 7.55. The molecule has 0 atom stereocenters. The van der Waals surface area contributed by atoms with E-state index in [1.54, 1.807) is 0 Å². The molecule has 2 aromatic rings. The highest BCUT2D eigenvalue weighted by Gasteiger charge is 2.17. The molecule has 0 saturated carbocycles. The van der Waals surface area contributed by atoms with Gasteiger partial charge in [0.25, 0.3) is 0 Å². The monoisotopic (exact) mass is 337 g/mol. The van der Waals surface area contributed by atoms with Crippen LogP contribution in [0.15, 0.2) is 10.7 Å². The van der Waals surface area contributed by atoms with E-state index in [-0.39, 0.29) is 0 Å². The van der Waals surface area contributed by atoms with Crippen molar-refractivity contribution in [3.05, 3.63) is 22.1 Å². The Balaban J connectivity index is 2.62. The van der Waals surface area contributed by atoms with E-state index in [9.17, 15) is 0 Å². The quantitative estimate of drug-likeness (QED) is 0.927. The maximum absolute atomic E-state index is 4.71. The first kappa shape index (κ1) is 15.0. The number of nitrogens with one attached hydrogen (secondary N) is 1. The molecule has 2 rings (SSSR count). The molecular formula is C14H20BrN5. The van der Waals surface area contributed by atoms with Crippen molar-refractivity contribution < 1.29 is 0 Å². The Labute approximate surface area is 128 Å². The summed E-state index contributed by atoms with van der Waals surface area (Å²) in [5.41, 5.74) is 3.04. The summed E-state index contributed by atoms with van der Waals surface area (Å²) in [5, 5.41) is 7.55. The van der Waals surface area contributed by atoms with E-state index in [4.69, 9.17) is 4.98 Å². The van der Waals surface area contributed by atoms with Gasteiger partial charge in [0, 0.05) is 19.3 Å². The van der Waals surface area contributed by atoms with Crippen molar-refractivity contribution in [3.8, 4) is 11.4 Å². The molecule has 0 aliphatic heterocycles. The summed E-state index contributed by atoms with van der Waals surface area (Å²) in [4.78, 5) is 9.33. The van der Waals surface area contributed by atoms with Crippen LogP contribution >= 0.6 is 15.9 Å². The predicted octanol–water partition coefficient (Wildman–Crippen LogP) is 3.50. The average Bonchev–Trinajstić information content (AvgIpc) is 2.72. The second-order valence-electron chi connectivity index (χ2n) is 5.05. The molecule has 6 heteroatoms. The van der Waals surface area contributed by atoms with Crippen molar-refractivity contribution in [2.75, 3.05) is 11.9 Å². The van der Waals surface area contributed by atoms with Crippen LogP contribution in [-0.4, -0.2) is 26.3 Å². The number of hydrogen-bond acceptors (Lipinski definition) is 4. The lowest BCUT2D eigenvalue weighted by Crippen LogP contribution is -2.07. The Kier molecular flexibility index (Phi) is 4.42. The standard InChI is InChI=1S/C14H20BrN5/c1-6-16-14-11(15)12(8(2)3)18-13(19-14)10-7-17-20(5)9(10)4/h7-8H,6H2,1-5H3,(H,16,18,19). The first-order valence-electron chi connectivity index (χ1n) is 6.76. The summed E-state index contributed by atoms with van der Waals surface area (Å²) in [6.07, 6.45) is 1.82. The Morgan fingerprint density at radius 1 is 1.35 bits per heavy atom. The molecule has 0 aliphatic rings. The third-order valence-electron chi connectivity index (χ3n) is 3.24. The number of aryl methyl sites for hydroxylation is 1. The number of anilines is 1. The van der Waals surface area contributed by atoms with Crippen LogP contribution < -0.4 is 5.32 Å². The van der Waals surface area contributed by atoms with E-state index in [1.807, 2.05) is 24.9 Å². The minimum Gasteiger partial charge on any atom is -0.369 e. The molecule has 1 N–H and O–H groups in total. The predicted molar refractivity (Wildman–Crippen MR) is 84.9 cm³/mol. The third kappa shape index (κ3) is 2.70. The summed E-state index contributed by atoms with van der Waals surface area (Å²) in [5.74, 6) is 1.88. The number of halogens is 1. The van der Waals surface area contributed by atoms with Gasteiger partial charge in [0.05, 0.1) is 21.9 Å². The maximum Gasteiger partial charge on any atom is 0.165 e. The van der Waals surface area contributed by atoms with Crippen molar-refractivity contribution in [2.24, 2.45) is 7.05 Å². The lowest BCUT2D eigenvalue weighted by molar-refractivity contribution is 0.740. The third-order valence-corrected chi connectivity index (χ3v) is 4.03. The Bertz CT molecular complexity index is 618. The molecule has 0 radical (unpaired) electrons. The van der Waals surface area contributed by atoms with Crippen LogP contribution in [0.4, 0.5) is 5.82 Å². The fraction of sp³-hybridized carbons (Fsp3) is 0.500. The van der Waals surface area contributed by atoms with Crippen LogP contribution in [0.5, 0.6) is 0 Å².